The van der Waals surface area contributed by atoms with Crippen molar-refractivity contribution in [3.63, 3.8) is 0 Å². The zero-order valence-corrected chi connectivity index (χ0v) is 26.7. The van der Waals surface area contributed by atoms with Crippen molar-refractivity contribution in [3.8, 4) is 5.75 Å². The quantitative estimate of drug-likeness (QED) is 0.474. The van der Waals surface area contributed by atoms with Gasteiger partial charge in [-0.1, -0.05) is 38.2 Å². The molecule has 1 N–H and O–H groups in total. The Morgan fingerprint density at radius 1 is 1.00 bits per heavy atom. The van der Waals surface area contributed by atoms with E-state index in [1.807, 2.05) is 82.0 Å². The average Bonchev–Trinajstić information content (AvgIpc) is 3.18. The molecule has 4 aliphatic rings. The Balaban J connectivity index is 1.63. The summed E-state index contributed by atoms with van der Waals surface area (Å²) in [5.74, 6) is -0.976. The molecule has 3 amide bonds. The van der Waals surface area contributed by atoms with Crippen LogP contribution in [-0.2, 0) is 14.4 Å². The summed E-state index contributed by atoms with van der Waals surface area (Å²) in [6, 6.07) is 6.13. The molecular formula is C33H45N3O5S. The van der Waals surface area contributed by atoms with Crippen LogP contribution in [0.15, 0.2) is 48.6 Å². The Bertz CT molecular complexity index is 1290. The van der Waals surface area contributed by atoms with Gasteiger partial charge in [0.05, 0.1) is 35.8 Å². The van der Waals surface area contributed by atoms with Gasteiger partial charge in [-0.25, -0.2) is 0 Å². The van der Waals surface area contributed by atoms with Crippen molar-refractivity contribution in [2.45, 2.75) is 82.0 Å². The lowest BCUT2D eigenvalue weighted by atomic mass is 9.74. The Morgan fingerprint density at radius 3 is 2.26 bits per heavy atom. The number of hydrogen-bond acceptors (Lipinski definition) is 6. The Morgan fingerprint density at radius 2 is 1.67 bits per heavy atom. The lowest BCUT2D eigenvalue weighted by Crippen LogP contribution is -2.59. The van der Waals surface area contributed by atoms with Gasteiger partial charge in [0.15, 0.2) is 0 Å². The summed E-state index contributed by atoms with van der Waals surface area (Å²) < 4.78 is 3.96. The number of likely N-dealkylation sites (tertiary alicyclic amines) is 1. The van der Waals surface area contributed by atoms with Crippen LogP contribution in [0.5, 0.6) is 5.75 Å². The number of ether oxygens (including phenoxy) is 1. The summed E-state index contributed by atoms with van der Waals surface area (Å²) in [5.41, 5.74) is 0.269. The lowest BCUT2D eigenvalue weighted by molar-refractivity contribution is -0.148. The summed E-state index contributed by atoms with van der Waals surface area (Å²) in [5, 5.41) is 10.6. The molecule has 8 nitrogen and oxygen atoms in total. The maximum Gasteiger partial charge on any atom is 0.247 e. The molecular weight excluding hydrogens is 550 g/mol. The standard InChI is InChI=1S/C33H45N3O5S/c1-8-41-24-13-11-22(12-14-24)34-17-9-15-32(7)25(28(34)38)26-29(39)36(23(20-37)19-21(2)3)27-30(40)35(31(4,5)6)18-10-16-33(26,27)42-32/h9-16,21,23,25-27,37H,8,17-20H2,1-7H3/t23-,25-,26+,27?,32+,33+/m1/s1. The molecule has 1 spiro atoms. The third kappa shape index (κ3) is 4.86. The van der Waals surface area contributed by atoms with Gasteiger partial charge in [-0.3, -0.25) is 14.4 Å². The number of anilines is 1. The lowest BCUT2D eigenvalue weighted by Gasteiger charge is -2.43. The number of thioether (sulfide) groups is 1. The maximum atomic E-state index is 14.7. The number of carbonyl (C=O) groups is 3. The fourth-order valence-corrected chi connectivity index (χ4v) is 9.54. The SMILES string of the molecule is CCOc1ccc(N2CC=C[C@]3(C)S[C@]45C=CCN(C(C)(C)C)C(=O)C4N([C@@H](CO)CC(C)C)C(=O)[C@@H]5[C@@H]3C2=O)cc1. The molecule has 9 heteroatoms. The van der Waals surface area contributed by atoms with Crippen molar-refractivity contribution >= 4 is 35.2 Å². The second-order valence-electron chi connectivity index (χ2n) is 13.5. The summed E-state index contributed by atoms with van der Waals surface area (Å²) in [4.78, 5) is 49.2. The third-order valence-electron chi connectivity index (χ3n) is 9.11. The van der Waals surface area contributed by atoms with E-state index in [2.05, 4.69) is 19.9 Å². The number of aliphatic hydroxyl groups is 1. The molecule has 0 aromatic heterocycles. The van der Waals surface area contributed by atoms with E-state index in [-0.39, 0.29) is 30.2 Å². The van der Waals surface area contributed by atoms with Crippen molar-refractivity contribution in [2.75, 3.05) is 31.2 Å². The molecule has 0 aliphatic carbocycles. The second-order valence-corrected chi connectivity index (χ2v) is 15.3. The molecule has 4 aliphatic heterocycles. The Hall–Kier alpha value is -2.78. The monoisotopic (exact) mass is 595 g/mol. The number of amides is 3. The van der Waals surface area contributed by atoms with Crippen LogP contribution in [0.3, 0.4) is 0 Å². The number of aliphatic hydroxyl groups excluding tert-OH is 1. The van der Waals surface area contributed by atoms with Crippen LogP contribution in [0.2, 0.25) is 0 Å². The van der Waals surface area contributed by atoms with Crippen molar-refractivity contribution in [2.24, 2.45) is 17.8 Å². The van der Waals surface area contributed by atoms with Gasteiger partial charge in [0.25, 0.3) is 0 Å². The Labute approximate surface area is 254 Å². The highest BCUT2D eigenvalue weighted by molar-refractivity contribution is 8.02. The van der Waals surface area contributed by atoms with Crippen LogP contribution in [0.25, 0.3) is 0 Å². The van der Waals surface area contributed by atoms with E-state index in [0.717, 1.165) is 11.4 Å². The molecule has 4 heterocycles. The smallest absolute Gasteiger partial charge is 0.247 e. The van der Waals surface area contributed by atoms with Crippen LogP contribution < -0.4 is 9.64 Å². The predicted octanol–water partition coefficient (Wildman–Crippen LogP) is 4.28. The summed E-state index contributed by atoms with van der Waals surface area (Å²) in [6.07, 6.45) is 8.69. The van der Waals surface area contributed by atoms with Gasteiger partial charge in [0, 0.05) is 29.1 Å². The molecule has 1 aromatic rings. The van der Waals surface area contributed by atoms with E-state index >= 15 is 0 Å². The van der Waals surface area contributed by atoms with Crippen molar-refractivity contribution < 1.29 is 24.2 Å². The number of nitrogens with zero attached hydrogens (tertiary/aromatic N) is 3. The molecule has 5 rings (SSSR count). The number of carbonyl (C=O) groups excluding carboxylic acids is 3. The topological polar surface area (TPSA) is 90.4 Å². The van der Waals surface area contributed by atoms with Crippen LogP contribution in [-0.4, -0.2) is 86.0 Å². The molecule has 2 saturated heterocycles. The highest BCUT2D eigenvalue weighted by Crippen LogP contribution is 2.66. The number of hydrogen-bond donors (Lipinski definition) is 1. The van der Waals surface area contributed by atoms with E-state index in [0.29, 0.717) is 26.1 Å². The number of benzene rings is 1. The van der Waals surface area contributed by atoms with Gasteiger partial charge in [0.2, 0.25) is 17.7 Å². The first kappa shape index (κ1) is 30.7. The van der Waals surface area contributed by atoms with Gasteiger partial charge in [0.1, 0.15) is 11.8 Å². The summed E-state index contributed by atoms with van der Waals surface area (Å²) in [6.45, 7) is 15.2. The molecule has 1 unspecified atom stereocenters. The predicted molar refractivity (Wildman–Crippen MR) is 166 cm³/mol. The highest BCUT2D eigenvalue weighted by Gasteiger charge is 2.74. The molecule has 42 heavy (non-hydrogen) atoms. The van der Waals surface area contributed by atoms with E-state index < -0.39 is 39.0 Å². The molecule has 1 aromatic carbocycles. The minimum Gasteiger partial charge on any atom is -0.494 e. The van der Waals surface area contributed by atoms with Crippen LogP contribution in [0, 0.1) is 17.8 Å². The normalized spacial score (nSPS) is 31.7. The molecule has 2 fully saturated rings. The highest BCUT2D eigenvalue weighted by atomic mass is 32.2. The largest absolute Gasteiger partial charge is 0.494 e. The fourth-order valence-electron chi connectivity index (χ4n) is 7.40. The van der Waals surface area contributed by atoms with Gasteiger partial charge in [-0.2, -0.15) is 0 Å². The first-order chi connectivity index (χ1) is 19.8. The van der Waals surface area contributed by atoms with Gasteiger partial charge < -0.3 is 24.5 Å². The van der Waals surface area contributed by atoms with E-state index in [1.165, 1.54) is 0 Å². The van der Waals surface area contributed by atoms with Crippen LogP contribution in [0.1, 0.15) is 54.9 Å². The molecule has 0 saturated carbocycles. The first-order valence-electron chi connectivity index (χ1n) is 15.1. The summed E-state index contributed by atoms with van der Waals surface area (Å²) >= 11 is 1.57. The molecule has 6 atom stereocenters. The van der Waals surface area contributed by atoms with Crippen LogP contribution >= 0.6 is 11.8 Å². The summed E-state index contributed by atoms with van der Waals surface area (Å²) in [7, 11) is 0. The zero-order chi connectivity index (χ0) is 30.6. The molecule has 0 bridgehead atoms. The van der Waals surface area contributed by atoms with E-state index in [1.54, 1.807) is 21.6 Å². The van der Waals surface area contributed by atoms with Crippen molar-refractivity contribution in [3.05, 3.63) is 48.6 Å². The molecule has 0 radical (unpaired) electrons. The van der Waals surface area contributed by atoms with Crippen molar-refractivity contribution in [1.82, 2.24) is 9.80 Å². The first-order valence-corrected chi connectivity index (χ1v) is 15.9. The third-order valence-corrected chi connectivity index (χ3v) is 10.9. The van der Waals surface area contributed by atoms with E-state index in [4.69, 9.17) is 4.74 Å². The second kappa shape index (κ2) is 11.1. The molecule has 228 valence electrons. The number of rotatable bonds is 7. The minimum atomic E-state index is -0.945. The van der Waals surface area contributed by atoms with Crippen LogP contribution in [0.4, 0.5) is 5.69 Å². The fraction of sp³-hybridized carbons (Fsp3) is 0.606. The maximum absolute atomic E-state index is 14.7. The minimum absolute atomic E-state index is 0.127. The van der Waals surface area contributed by atoms with Crippen molar-refractivity contribution in [1.29, 1.82) is 0 Å². The average molecular weight is 596 g/mol. The number of fused-ring (bicyclic) bond motifs is 2. The Kier molecular flexibility index (Phi) is 8.07. The zero-order valence-electron chi connectivity index (χ0n) is 25.9. The van der Waals surface area contributed by atoms with Gasteiger partial charge >= 0.3 is 0 Å². The van der Waals surface area contributed by atoms with Gasteiger partial charge in [-0.05, 0) is 71.2 Å². The van der Waals surface area contributed by atoms with Gasteiger partial charge in [-0.15, -0.1) is 11.8 Å². The van der Waals surface area contributed by atoms with E-state index in [9.17, 15) is 19.5 Å².